The van der Waals surface area contributed by atoms with Crippen LogP contribution in [0.4, 0.5) is 0 Å². The van der Waals surface area contributed by atoms with Gasteiger partial charge in [0.25, 0.3) is 0 Å². The minimum absolute atomic E-state index is 0.0332. The fraction of sp³-hybridized carbons (Fsp3) is 0.692. The highest BCUT2D eigenvalue weighted by molar-refractivity contribution is 5.29. The van der Waals surface area contributed by atoms with Gasteiger partial charge >= 0.3 is 0 Å². The van der Waals surface area contributed by atoms with Crippen molar-refractivity contribution in [2.24, 2.45) is 0 Å². The van der Waals surface area contributed by atoms with Crippen molar-refractivity contribution in [1.29, 1.82) is 0 Å². The minimum atomic E-state index is -0.0332. The van der Waals surface area contributed by atoms with Gasteiger partial charge in [0.05, 0.1) is 12.8 Å². The van der Waals surface area contributed by atoms with Crippen molar-refractivity contribution >= 4 is 0 Å². The van der Waals surface area contributed by atoms with Crippen LogP contribution in [0.2, 0.25) is 0 Å². The van der Waals surface area contributed by atoms with Crippen molar-refractivity contribution in [1.82, 2.24) is 9.97 Å². The Morgan fingerprint density at radius 1 is 1.25 bits per heavy atom. The molecule has 0 saturated heterocycles. The van der Waals surface area contributed by atoms with E-state index in [0.29, 0.717) is 5.88 Å². The fourth-order valence-corrected chi connectivity index (χ4v) is 1.62. The lowest BCUT2D eigenvalue weighted by Gasteiger charge is -2.19. The molecule has 0 aromatic carbocycles. The predicted octanol–water partition coefficient (Wildman–Crippen LogP) is 2.83. The van der Waals surface area contributed by atoms with E-state index in [0.717, 1.165) is 11.5 Å². The third kappa shape index (κ3) is 2.04. The zero-order valence-corrected chi connectivity index (χ0v) is 10.8. The number of rotatable bonds is 2. The number of nitrogens with zero attached hydrogens (tertiary/aromatic N) is 2. The van der Waals surface area contributed by atoms with Crippen molar-refractivity contribution in [3.63, 3.8) is 0 Å². The van der Waals surface area contributed by atoms with Gasteiger partial charge in [-0.05, 0) is 12.8 Å². The molecule has 1 fully saturated rings. The van der Waals surface area contributed by atoms with Gasteiger partial charge in [0.15, 0.2) is 0 Å². The number of hydrogen-bond donors (Lipinski definition) is 0. The Hall–Kier alpha value is -1.12. The molecular formula is C13H20N2O. The Morgan fingerprint density at radius 2 is 1.88 bits per heavy atom. The number of aromatic nitrogens is 2. The molecule has 0 radical (unpaired) electrons. The Labute approximate surface area is 97.3 Å². The van der Waals surface area contributed by atoms with Crippen LogP contribution in [0.3, 0.4) is 0 Å². The first-order valence-electron chi connectivity index (χ1n) is 5.79. The van der Waals surface area contributed by atoms with Gasteiger partial charge in [-0.1, -0.05) is 27.7 Å². The van der Waals surface area contributed by atoms with E-state index in [1.165, 1.54) is 12.8 Å². The van der Waals surface area contributed by atoms with Crippen molar-refractivity contribution in [3.8, 4) is 5.88 Å². The van der Waals surface area contributed by atoms with Crippen molar-refractivity contribution in [2.75, 3.05) is 7.11 Å². The molecule has 0 N–H and O–H groups in total. The second kappa shape index (κ2) is 3.44. The Kier molecular flexibility index (Phi) is 2.44. The van der Waals surface area contributed by atoms with E-state index in [4.69, 9.17) is 9.72 Å². The first kappa shape index (κ1) is 11.4. The maximum atomic E-state index is 5.26. The van der Waals surface area contributed by atoms with Crippen LogP contribution in [0, 0.1) is 0 Å². The lowest BCUT2D eigenvalue weighted by Crippen LogP contribution is -2.19. The summed E-state index contributed by atoms with van der Waals surface area (Å²) >= 11 is 0. The molecule has 88 valence electrons. The van der Waals surface area contributed by atoms with Crippen LogP contribution in [0.15, 0.2) is 6.07 Å². The minimum Gasteiger partial charge on any atom is -0.481 e. The van der Waals surface area contributed by atoms with Crippen LogP contribution < -0.4 is 4.74 Å². The SMILES string of the molecule is COc1cc(C2(C)CC2)nc(C(C)(C)C)n1. The fourth-order valence-electron chi connectivity index (χ4n) is 1.62. The summed E-state index contributed by atoms with van der Waals surface area (Å²) in [6, 6.07) is 1.97. The van der Waals surface area contributed by atoms with Crippen LogP contribution in [0.1, 0.15) is 52.1 Å². The quantitative estimate of drug-likeness (QED) is 0.768. The number of hydrogen-bond acceptors (Lipinski definition) is 3. The van der Waals surface area contributed by atoms with Crippen molar-refractivity contribution in [3.05, 3.63) is 17.6 Å². The van der Waals surface area contributed by atoms with Gasteiger partial charge in [-0.25, -0.2) is 4.98 Å². The molecule has 1 aromatic heterocycles. The first-order valence-corrected chi connectivity index (χ1v) is 5.79. The molecule has 0 amide bonds. The van der Waals surface area contributed by atoms with Gasteiger partial charge in [-0.2, -0.15) is 4.98 Å². The van der Waals surface area contributed by atoms with Crippen LogP contribution in [-0.4, -0.2) is 17.1 Å². The molecule has 3 heteroatoms. The average Bonchev–Trinajstić information content (AvgIpc) is 2.96. The lowest BCUT2D eigenvalue weighted by molar-refractivity contribution is 0.386. The van der Waals surface area contributed by atoms with Gasteiger partial charge in [0.2, 0.25) is 5.88 Å². The van der Waals surface area contributed by atoms with E-state index in [9.17, 15) is 0 Å². The number of methoxy groups -OCH3 is 1. The molecule has 3 nitrogen and oxygen atoms in total. The van der Waals surface area contributed by atoms with Crippen LogP contribution in [0.25, 0.3) is 0 Å². The maximum Gasteiger partial charge on any atom is 0.216 e. The zero-order chi connectivity index (χ0) is 12.0. The molecule has 1 aromatic rings. The highest BCUT2D eigenvalue weighted by Gasteiger charge is 2.41. The van der Waals surface area contributed by atoms with Gasteiger partial charge in [0.1, 0.15) is 5.82 Å². The predicted molar refractivity (Wildman–Crippen MR) is 63.9 cm³/mol. The molecule has 0 unspecified atom stereocenters. The highest BCUT2D eigenvalue weighted by atomic mass is 16.5. The van der Waals surface area contributed by atoms with E-state index < -0.39 is 0 Å². The largest absolute Gasteiger partial charge is 0.481 e. The van der Waals surface area contributed by atoms with Gasteiger partial charge in [0, 0.05) is 16.9 Å². The maximum absolute atomic E-state index is 5.26. The van der Waals surface area contributed by atoms with Gasteiger partial charge in [-0.3, -0.25) is 0 Å². The van der Waals surface area contributed by atoms with E-state index >= 15 is 0 Å². The second-order valence-electron chi connectivity index (χ2n) is 5.93. The van der Waals surface area contributed by atoms with Crippen LogP contribution >= 0.6 is 0 Å². The van der Waals surface area contributed by atoms with E-state index in [1.54, 1.807) is 7.11 Å². The molecule has 2 rings (SSSR count). The summed E-state index contributed by atoms with van der Waals surface area (Å²) in [7, 11) is 1.66. The lowest BCUT2D eigenvalue weighted by atomic mass is 9.95. The van der Waals surface area contributed by atoms with E-state index in [1.807, 2.05) is 6.07 Å². The van der Waals surface area contributed by atoms with Gasteiger partial charge in [-0.15, -0.1) is 0 Å². The smallest absolute Gasteiger partial charge is 0.216 e. The molecule has 1 heterocycles. The van der Waals surface area contributed by atoms with Crippen LogP contribution in [-0.2, 0) is 10.8 Å². The monoisotopic (exact) mass is 220 g/mol. The summed E-state index contributed by atoms with van der Waals surface area (Å²) in [5, 5.41) is 0. The molecule has 0 bridgehead atoms. The Bertz CT molecular complexity index is 379. The van der Waals surface area contributed by atoms with Crippen molar-refractivity contribution < 1.29 is 4.74 Å². The molecule has 0 aliphatic heterocycles. The van der Waals surface area contributed by atoms with Crippen molar-refractivity contribution in [2.45, 2.75) is 51.4 Å². The average molecular weight is 220 g/mol. The summed E-state index contributed by atoms with van der Waals surface area (Å²) in [5.74, 6) is 1.55. The third-order valence-electron chi connectivity index (χ3n) is 3.20. The Balaban J connectivity index is 2.47. The molecule has 1 aliphatic rings. The summed E-state index contributed by atoms with van der Waals surface area (Å²) < 4.78 is 5.26. The standard InChI is InChI=1S/C13H20N2O/c1-12(2,3)11-14-9(13(4)6-7-13)8-10(15-11)16-5/h8H,6-7H2,1-5H3. The summed E-state index contributed by atoms with van der Waals surface area (Å²) in [6.07, 6.45) is 2.44. The van der Waals surface area contributed by atoms with Gasteiger partial charge < -0.3 is 4.74 Å². The molecular weight excluding hydrogens is 200 g/mol. The van der Waals surface area contributed by atoms with Crippen LogP contribution in [0.5, 0.6) is 5.88 Å². The summed E-state index contributed by atoms with van der Waals surface area (Å²) in [4.78, 5) is 9.13. The zero-order valence-electron chi connectivity index (χ0n) is 10.8. The normalized spacial score (nSPS) is 18.3. The Morgan fingerprint density at radius 3 is 2.31 bits per heavy atom. The molecule has 16 heavy (non-hydrogen) atoms. The van der Waals surface area contributed by atoms with E-state index in [2.05, 4.69) is 32.7 Å². The molecule has 1 aliphatic carbocycles. The topological polar surface area (TPSA) is 35.0 Å². The molecule has 0 spiro atoms. The highest BCUT2D eigenvalue weighted by Crippen LogP contribution is 2.47. The molecule has 0 atom stereocenters. The summed E-state index contributed by atoms with van der Waals surface area (Å²) in [5.41, 5.74) is 1.36. The first-order chi connectivity index (χ1) is 7.35. The third-order valence-corrected chi connectivity index (χ3v) is 3.20. The number of ether oxygens (including phenoxy) is 1. The summed E-state index contributed by atoms with van der Waals surface area (Å²) in [6.45, 7) is 8.63. The second-order valence-corrected chi connectivity index (χ2v) is 5.93. The molecule has 1 saturated carbocycles. The van der Waals surface area contributed by atoms with E-state index in [-0.39, 0.29) is 10.8 Å².